The van der Waals surface area contributed by atoms with Crippen molar-refractivity contribution in [1.82, 2.24) is 0 Å². The molecular weight excluding hydrogens is 300 g/mol. The molecule has 2 aliphatic carbocycles. The van der Waals surface area contributed by atoms with Gasteiger partial charge in [0, 0.05) is 13.2 Å². The predicted octanol–water partition coefficient (Wildman–Crippen LogP) is 5.75. The summed E-state index contributed by atoms with van der Waals surface area (Å²) in [6.07, 6.45) is 17.9. The fourth-order valence-electron chi connectivity index (χ4n) is 3.72. The first kappa shape index (κ1) is 18.9. The van der Waals surface area contributed by atoms with E-state index in [1.54, 1.807) is 16.3 Å². The summed E-state index contributed by atoms with van der Waals surface area (Å²) in [5.74, 6) is 0. The first-order valence-electron chi connectivity index (χ1n) is 10.0. The van der Waals surface area contributed by atoms with Crippen LogP contribution in [0.2, 0.25) is 0 Å². The van der Waals surface area contributed by atoms with Crippen molar-refractivity contribution in [3.8, 4) is 0 Å². The van der Waals surface area contributed by atoms with Gasteiger partial charge in [-0.15, -0.1) is 0 Å². The maximum atomic E-state index is 6.27. The Hall–Kier alpha value is -0.383. The lowest BCUT2D eigenvalue weighted by Crippen LogP contribution is -2.28. The van der Waals surface area contributed by atoms with Gasteiger partial charge < -0.3 is 8.85 Å². The Morgan fingerprint density at radius 2 is 1.48 bits per heavy atom. The zero-order valence-electron chi connectivity index (χ0n) is 15.4. The lowest BCUT2D eigenvalue weighted by atomic mass is 9.97. The fourth-order valence-corrected chi connectivity index (χ4v) is 6.17. The third-order valence-electron chi connectivity index (χ3n) is 4.92. The molecular formula is C20H36O2Si. The van der Waals surface area contributed by atoms with Crippen molar-refractivity contribution in [2.75, 3.05) is 13.2 Å². The van der Waals surface area contributed by atoms with Crippen molar-refractivity contribution in [2.24, 2.45) is 0 Å². The molecule has 132 valence electrons. The molecule has 2 nitrogen and oxygen atoms in total. The molecule has 0 heterocycles. The van der Waals surface area contributed by atoms with Crippen LogP contribution in [0, 0.1) is 0 Å². The molecule has 0 saturated carbocycles. The van der Waals surface area contributed by atoms with Crippen LogP contribution in [0.15, 0.2) is 22.4 Å². The van der Waals surface area contributed by atoms with E-state index in [9.17, 15) is 0 Å². The molecule has 23 heavy (non-hydrogen) atoms. The predicted molar refractivity (Wildman–Crippen MR) is 101 cm³/mol. The topological polar surface area (TPSA) is 18.5 Å². The summed E-state index contributed by atoms with van der Waals surface area (Å²) in [5, 5.41) is 1.61. The highest BCUT2D eigenvalue weighted by Gasteiger charge is 2.26. The summed E-state index contributed by atoms with van der Waals surface area (Å²) in [4.78, 5) is 0. The second kappa shape index (κ2) is 11.2. The van der Waals surface area contributed by atoms with E-state index in [2.05, 4.69) is 19.9 Å². The zero-order valence-corrected chi connectivity index (χ0v) is 16.5. The molecule has 0 aromatic carbocycles. The molecule has 0 bridgehead atoms. The first-order valence-corrected chi connectivity index (χ1v) is 11.5. The van der Waals surface area contributed by atoms with Gasteiger partial charge in [-0.25, -0.2) is 0 Å². The molecule has 0 radical (unpaired) electrons. The fraction of sp³-hybridized carbons (Fsp3) is 0.800. The Morgan fingerprint density at radius 3 is 2.22 bits per heavy atom. The second-order valence-electron chi connectivity index (χ2n) is 6.97. The zero-order chi connectivity index (χ0) is 16.3. The summed E-state index contributed by atoms with van der Waals surface area (Å²) in [7, 11) is -1.68. The van der Waals surface area contributed by atoms with Gasteiger partial charge in [-0.3, -0.25) is 0 Å². The van der Waals surface area contributed by atoms with E-state index < -0.39 is 9.28 Å². The molecule has 0 aromatic heterocycles. The normalized spacial score (nSPS) is 20.4. The van der Waals surface area contributed by atoms with Crippen LogP contribution in [0.25, 0.3) is 0 Å². The van der Waals surface area contributed by atoms with Crippen LogP contribution >= 0.6 is 0 Å². The second-order valence-corrected chi connectivity index (χ2v) is 8.99. The van der Waals surface area contributed by atoms with Crippen LogP contribution in [0.5, 0.6) is 0 Å². The molecule has 3 heteroatoms. The molecule has 2 rings (SSSR count). The van der Waals surface area contributed by atoms with Crippen molar-refractivity contribution in [2.45, 2.75) is 90.9 Å². The van der Waals surface area contributed by atoms with Gasteiger partial charge in [0.05, 0.1) is 0 Å². The molecule has 0 N–H and O–H groups in total. The molecule has 2 aliphatic rings. The average molecular weight is 337 g/mol. The standard InChI is InChI=1S/C20H36O2Si/c1-3-16-21-23(22-17-4-2)20-15-11-7-10-14-19(20)18-12-8-5-6-9-13-18/h12,23H,3-11,13-17H2,1-2H3. The summed E-state index contributed by atoms with van der Waals surface area (Å²) < 4.78 is 12.5. The Labute approximate surface area is 145 Å². The van der Waals surface area contributed by atoms with E-state index in [0.717, 1.165) is 26.1 Å². The Kier molecular flexibility index (Phi) is 9.24. The summed E-state index contributed by atoms with van der Waals surface area (Å²) >= 11 is 0. The van der Waals surface area contributed by atoms with Gasteiger partial charge in [-0.1, -0.05) is 32.8 Å². The van der Waals surface area contributed by atoms with Crippen LogP contribution in [0.1, 0.15) is 90.9 Å². The smallest absolute Gasteiger partial charge is 0.352 e. The minimum Gasteiger partial charge on any atom is -0.393 e. The van der Waals surface area contributed by atoms with E-state index in [1.807, 2.05) is 0 Å². The molecule has 0 aliphatic heterocycles. The Bertz CT molecular complexity index is 392. The van der Waals surface area contributed by atoms with Crippen molar-refractivity contribution in [1.29, 1.82) is 0 Å². The molecule has 0 saturated heterocycles. The summed E-state index contributed by atoms with van der Waals surface area (Å²) in [6, 6.07) is 0. The molecule has 0 atom stereocenters. The van der Waals surface area contributed by atoms with Gasteiger partial charge in [0.25, 0.3) is 0 Å². The van der Waals surface area contributed by atoms with Crippen LogP contribution in [-0.4, -0.2) is 22.5 Å². The third-order valence-corrected chi connectivity index (χ3v) is 7.20. The van der Waals surface area contributed by atoms with E-state index in [1.165, 1.54) is 64.2 Å². The molecule has 0 spiro atoms. The van der Waals surface area contributed by atoms with Crippen LogP contribution in [0.4, 0.5) is 0 Å². The quantitative estimate of drug-likeness (QED) is 0.525. The highest BCUT2D eigenvalue weighted by molar-refractivity contribution is 6.54. The maximum absolute atomic E-state index is 6.27. The van der Waals surface area contributed by atoms with Gasteiger partial charge in [-0.2, -0.15) is 0 Å². The van der Waals surface area contributed by atoms with Gasteiger partial charge in [0.1, 0.15) is 0 Å². The minimum atomic E-state index is -1.68. The van der Waals surface area contributed by atoms with Crippen molar-refractivity contribution < 1.29 is 8.85 Å². The monoisotopic (exact) mass is 336 g/mol. The van der Waals surface area contributed by atoms with Crippen LogP contribution in [-0.2, 0) is 8.85 Å². The average Bonchev–Trinajstić information content (AvgIpc) is 2.97. The highest BCUT2D eigenvalue weighted by atomic mass is 28.3. The summed E-state index contributed by atoms with van der Waals surface area (Å²) in [6.45, 7) is 6.11. The van der Waals surface area contributed by atoms with Crippen molar-refractivity contribution in [3.63, 3.8) is 0 Å². The summed E-state index contributed by atoms with van der Waals surface area (Å²) in [5.41, 5.74) is 3.31. The van der Waals surface area contributed by atoms with Gasteiger partial charge in [0.15, 0.2) is 0 Å². The van der Waals surface area contributed by atoms with Crippen molar-refractivity contribution >= 4 is 9.28 Å². The number of hydrogen-bond acceptors (Lipinski definition) is 2. The van der Waals surface area contributed by atoms with Crippen LogP contribution in [0.3, 0.4) is 0 Å². The largest absolute Gasteiger partial charge is 0.393 e. The van der Waals surface area contributed by atoms with Gasteiger partial charge in [-0.05, 0) is 80.6 Å². The number of rotatable bonds is 8. The van der Waals surface area contributed by atoms with Gasteiger partial charge in [0.2, 0.25) is 0 Å². The maximum Gasteiger partial charge on any atom is 0.352 e. The number of hydrogen-bond donors (Lipinski definition) is 0. The highest BCUT2D eigenvalue weighted by Crippen LogP contribution is 2.34. The molecule has 0 unspecified atom stereocenters. The SMILES string of the molecule is CCCO[SiH](OCCC)C1=C(C2=CCCCCC2)CCCCC1. The van der Waals surface area contributed by atoms with Crippen LogP contribution < -0.4 is 0 Å². The van der Waals surface area contributed by atoms with E-state index in [4.69, 9.17) is 8.85 Å². The molecule has 0 amide bonds. The molecule has 0 fully saturated rings. The third kappa shape index (κ3) is 6.20. The van der Waals surface area contributed by atoms with E-state index in [-0.39, 0.29) is 0 Å². The molecule has 0 aromatic rings. The lowest BCUT2D eigenvalue weighted by Gasteiger charge is -2.23. The van der Waals surface area contributed by atoms with E-state index in [0.29, 0.717) is 0 Å². The van der Waals surface area contributed by atoms with Crippen molar-refractivity contribution in [3.05, 3.63) is 22.4 Å². The number of allylic oxidation sites excluding steroid dienone is 4. The minimum absolute atomic E-state index is 0.858. The van der Waals surface area contributed by atoms with E-state index >= 15 is 0 Å². The Balaban J connectivity index is 2.24. The first-order chi connectivity index (χ1) is 11.4. The lowest BCUT2D eigenvalue weighted by molar-refractivity contribution is 0.202. The van der Waals surface area contributed by atoms with Gasteiger partial charge >= 0.3 is 9.28 Å². The Morgan fingerprint density at radius 1 is 0.826 bits per heavy atom.